The van der Waals surface area contributed by atoms with Crippen molar-refractivity contribution >= 4 is 0 Å². The topological polar surface area (TPSA) is 12.2 Å². The van der Waals surface area contributed by atoms with E-state index >= 15 is 0 Å². The molecule has 0 radical (unpaired) electrons. The van der Waals surface area contributed by atoms with Crippen molar-refractivity contribution in [2.45, 2.75) is 19.4 Å². The predicted octanol–water partition coefficient (Wildman–Crippen LogP) is 1.28. The van der Waals surface area contributed by atoms with E-state index in [-0.39, 0.29) is 0 Å². The van der Waals surface area contributed by atoms with Crippen molar-refractivity contribution in [2.24, 2.45) is 0 Å². The van der Waals surface area contributed by atoms with E-state index in [9.17, 15) is 0 Å². The molecule has 1 fully saturated rings. The van der Waals surface area contributed by atoms with E-state index in [2.05, 4.69) is 18.4 Å². The van der Waals surface area contributed by atoms with Crippen LogP contribution in [0.25, 0.3) is 0 Å². The summed E-state index contributed by atoms with van der Waals surface area (Å²) in [4.78, 5) is 2.44. The number of rotatable bonds is 6. The van der Waals surface area contributed by atoms with Gasteiger partial charge in [0.25, 0.3) is 0 Å². The third-order valence-electron chi connectivity index (χ3n) is 1.96. The van der Waals surface area contributed by atoms with Crippen molar-refractivity contribution in [3.63, 3.8) is 0 Å². The Bertz CT molecular complexity index is 125. The number of ether oxygens (including phenoxy) is 1. The molecular formula is C9H17NO. The van der Waals surface area contributed by atoms with E-state index < -0.39 is 0 Å². The summed E-state index contributed by atoms with van der Waals surface area (Å²) in [6.07, 6.45) is 2.94. The first kappa shape index (κ1) is 8.75. The van der Waals surface area contributed by atoms with E-state index in [1.807, 2.05) is 0 Å². The molecule has 64 valence electrons. The number of hydrogen-bond donors (Lipinski definition) is 0. The molecule has 1 rings (SSSR count). The Morgan fingerprint density at radius 1 is 1.73 bits per heavy atom. The van der Waals surface area contributed by atoms with Crippen molar-refractivity contribution in [3.8, 4) is 0 Å². The van der Waals surface area contributed by atoms with Crippen LogP contribution in [0, 0.1) is 0 Å². The van der Waals surface area contributed by atoms with Crippen LogP contribution in [0.5, 0.6) is 0 Å². The molecule has 1 heterocycles. The summed E-state index contributed by atoms with van der Waals surface area (Å²) < 4.78 is 5.25. The van der Waals surface area contributed by atoms with Gasteiger partial charge in [-0.15, -0.1) is 6.58 Å². The van der Waals surface area contributed by atoms with E-state index in [1.54, 1.807) is 6.08 Å². The highest BCUT2D eigenvalue weighted by Gasteiger charge is 2.27. The Labute approximate surface area is 68.8 Å². The summed E-state index contributed by atoms with van der Waals surface area (Å²) in [6.45, 7) is 9.87. The fourth-order valence-electron chi connectivity index (χ4n) is 1.14. The molecule has 0 N–H and O–H groups in total. The van der Waals surface area contributed by atoms with Gasteiger partial charge in [0, 0.05) is 25.7 Å². The summed E-state index contributed by atoms with van der Waals surface area (Å²) in [5.74, 6) is 0. The maximum Gasteiger partial charge on any atom is 0.0644 e. The van der Waals surface area contributed by atoms with Crippen LogP contribution in [-0.2, 0) is 4.74 Å². The van der Waals surface area contributed by atoms with Gasteiger partial charge >= 0.3 is 0 Å². The first-order valence-electron chi connectivity index (χ1n) is 4.27. The summed E-state index contributed by atoms with van der Waals surface area (Å²) in [5.41, 5.74) is 0. The molecule has 0 amide bonds. The standard InChI is InChI=1S/C9H17NO/c1-3-6-11-7-4-5-10-8-9(10)2/h3,9H,1,4-8H2,2H3. The zero-order chi connectivity index (χ0) is 8.10. The molecule has 2 atom stereocenters. The molecule has 1 aliphatic heterocycles. The lowest BCUT2D eigenvalue weighted by molar-refractivity contribution is 0.155. The third-order valence-corrected chi connectivity index (χ3v) is 1.96. The molecule has 2 nitrogen and oxygen atoms in total. The molecule has 0 spiro atoms. The minimum atomic E-state index is 0.690. The molecule has 1 aliphatic rings. The Morgan fingerprint density at radius 2 is 2.45 bits per heavy atom. The maximum absolute atomic E-state index is 5.25. The van der Waals surface area contributed by atoms with Crippen molar-refractivity contribution in [1.82, 2.24) is 4.90 Å². The zero-order valence-electron chi connectivity index (χ0n) is 7.25. The fraction of sp³-hybridized carbons (Fsp3) is 0.778. The van der Waals surface area contributed by atoms with E-state index in [0.717, 1.165) is 19.1 Å². The van der Waals surface area contributed by atoms with Gasteiger partial charge in [-0.2, -0.15) is 0 Å². The van der Waals surface area contributed by atoms with Gasteiger partial charge in [-0.25, -0.2) is 0 Å². The molecular weight excluding hydrogens is 138 g/mol. The van der Waals surface area contributed by atoms with Crippen molar-refractivity contribution < 1.29 is 4.74 Å². The Kier molecular flexibility index (Phi) is 3.60. The highest BCUT2D eigenvalue weighted by Crippen LogP contribution is 2.15. The molecule has 11 heavy (non-hydrogen) atoms. The van der Waals surface area contributed by atoms with Gasteiger partial charge in [0.1, 0.15) is 0 Å². The van der Waals surface area contributed by atoms with Crippen LogP contribution in [0.2, 0.25) is 0 Å². The second kappa shape index (κ2) is 4.52. The highest BCUT2D eigenvalue weighted by molar-refractivity contribution is 4.83. The van der Waals surface area contributed by atoms with Gasteiger partial charge < -0.3 is 4.74 Å². The Balaban J connectivity index is 1.78. The SMILES string of the molecule is C=CCOCCCN1CC1C. The minimum absolute atomic E-state index is 0.690. The van der Waals surface area contributed by atoms with Gasteiger partial charge in [0.15, 0.2) is 0 Å². The van der Waals surface area contributed by atoms with Crippen LogP contribution in [0.3, 0.4) is 0 Å². The zero-order valence-corrected chi connectivity index (χ0v) is 7.25. The minimum Gasteiger partial charge on any atom is -0.377 e. The second-order valence-corrected chi connectivity index (χ2v) is 3.06. The lowest BCUT2D eigenvalue weighted by Gasteiger charge is -2.01. The van der Waals surface area contributed by atoms with E-state index in [4.69, 9.17) is 4.74 Å². The first-order chi connectivity index (χ1) is 5.34. The van der Waals surface area contributed by atoms with E-state index in [0.29, 0.717) is 6.61 Å². The fourth-order valence-corrected chi connectivity index (χ4v) is 1.14. The lowest BCUT2D eigenvalue weighted by Crippen LogP contribution is -2.06. The highest BCUT2D eigenvalue weighted by atomic mass is 16.5. The molecule has 0 aromatic rings. The smallest absolute Gasteiger partial charge is 0.0644 e. The molecule has 2 unspecified atom stereocenters. The van der Waals surface area contributed by atoms with Gasteiger partial charge in [0.05, 0.1) is 6.61 Å². The third kappa shape index (κ3) is 3.54. The number of hydrogen-bond acceptors (Lipinski definition) is 2. The van der Waals surface area contributed by atoms with Crippen molar-refractivity contribution in [1.29, 1.82) is 0 Å². The molecule has 0 aliphatic carbocycles. The molecule has 0 saturated carbocycles. The molecule has 1 saturated heterocycles. The molecule has 0 bridgehead atoms. The van der Waals surface area contributed by atoms with Gasteiger partial charge in [-0.05, 0) is 13.3 Å². The maximum atomic E-state index is 5.25. The van der Waals surface area contributed by atoms with Crippen LogP contribution in [0.15, 0.2) is 12.7 Å². The van der Waals surface area contributed by atoms with Crippen molar-refractivity contribution in [2.75, 3.05) is 26.3 Å². The van der Waals surface area contributed by atoms with Crippen LogP contribution >= 0.6 is 0 Å². The number of nitrogens with zero attached hydrogens (tertiary/aromatic N) is 1. The van der Waals surface area contributed by atoms with Crippen LogP contribution in [-0.4, -0.2) is 37.2 Å². The van der Waals surface area contributed by atoms with Crippen LogP contribution in [0.4, 0.5) is 0 Å². The second-order valence-electron chi connectivity index (χ2n) is 3.06. The lowest BCUT2D eigenvalue weighted by atomic mass is 10.4. The van der Waals surface area contributed by atoms with Crippen LogP contribution < -0.4 is 0 Å². The summed E-state index contributed by atoms with van der Waals surface area (Å²) in [6, 6.07) is 0.828. The van der Waals surface area contributed by atoms with Gasteiger partial charge in [0.2, 0.25) is 0 Å². The summed E-state index contributed by atoms with van der Waals surface area (Å²) in [7, 11) is 0. The van der Waals surface area contributed by atoms with Gasteiger partial charge in [-0.3, -0.25) is 4.90 Å². The largest absolute Gasteiger partial charge is 0.377 e. The molecule has 0 aromatic heterocycles. The molecule has 2 heteroatoms. The Hall–Kier alpha value is -0.340. The van der Waals surface area contributed by atoms with Crippen LogP contribution in [0.1, 0.15) is 13.3 Å². The first-order valence-corrected chi connectivity index (χ1v) is 4.27. The van der Waals surface area contributed by atoms with E-state index in [1.165, 1.54) is 13.1 Å². The van der Waals surface area contributed by atoms with Crippen molar-refractivity contribution in [3.05, 3.63) is 12.7 Å². The molecule has 0 aromatic carbocycles. The monoisotopic (exact) mass is 155 g/mol. The average molecular weight is 155 g/mol. The van der Waals surface area contributed by atoms with Gasteiger partial charge in [-0.1, -0.05) is 6.08 Å². The predicted molar refractivity (Wildman–Crippen MR) is 46.7 cm³/mol. The normalized spacial score (nSPS) is 28.5. The average Bonchev–Trinajstić information content (AvgIpc) is 2.67. The quantitative estimate of drug-likeness (QED) is 0.325. The summed E-state index contributed by atoms with van der Waals surface area (Å²) >= 11 is 0. The Morgan fingerprint density at radius 3 is 3.00 bits per heavy atom. The summed E-state index contributed by atoms with van der Waals surface area (Å²) in [5, 5.41) is 0.